The van der Waals surface area contributed by atoms with Crippen LogP contribution >= 0.6 is 0 Å². The van der Waals surface area contributed by atoms with Gasteiger partial charge < -0.3 is 5.21 Å². The van der Waals surface area contributed by atoms with E-state index in [1.807, 2.05) is 39.0 Å². The summed E-state index contributed by atoms with van der Waals surface area (Å²) in [4.78, 5) is 4.13. The Hall–Kier alpha value is -1.38. The lowest BCUT2D eigenvalue weighted by Crippen LogP contribution is -2.22. The summed E-state index contributed by atoms with van der Waals surface area (Å²) in [5, 5.41) is 12.1. The zero-order chi connectivity index (χ0) is 9.90. The van der Waals surface area contributed by atoms with Crippen molar-refractivity contribution >= 4 is 5.71 Å². The first kappa shape index (κ1) is 9.71. The van der Waals surface area contributed by atoms with Crippen molar-refractivity contribution in [3.8, 4) is 0 Å². The van der Waals surface area contributed by atoms with Crippen LogP contribution in [0.3, 0.4) is 0 Å². The smallest absolute Gasteiger partial charge is 0.110 e. The molecule has 1 heterocycles. The highest BCUT2D eigenvalue weighted by atomic mass is 16.4. The fourth-order valence-electron chi connectivity index (χ4n) is 1.09. The Labute approximate surface area is 78.1 Å². The highest BCUT2D eigenvalue weighted by Crippen LogP contribution is 2.20. The van der Waals surface area contributed by atoms with Crippen molar-refractivity contribution in [1.29, 1.82) is 0 Å². The number of rotatable bonds is 1. The Balaban J connectivity index is 3.08. The molecule has 1 rings (SSSR count). The Morgan fingerprint density at radius 3 is 2.46 bits per heavy atom. The summed E-state index contributed by atoms with van der Waals surface area (Å²) in [6.45, 7) is 5.95. The molecule has 0 fully saturated rings. The maximum atomic E-state index is 8.86. The predicted molar refractivity (Wildman–Crippen MR) is 52.0 cm³/mol. The van der Waals surface area contributed by atoms with Gasteiger partial charge in [-0.15, -0.1) is 0 Å². The molecule has 0 atom stereocenters. The van der Waals surface area contributed by atoms with Crippen LogP contribution in [0.25, 0.3) is 0 Å². The van der Waals surface area contributed by atoms with Crippen LogP contribution in [0, 0.1) is 5.41 Å². The summed E-state index contributed by atoms with van der Waals surface area (Å²) in [5.41, 5.74) is 1.13. The molecule has 0 unspecified atom stereocenters. The molecule has 1 N–H and O–H groups in total. The van der Waals surface area contributed by atoms with Gasteiger partial charge in [0.25, 0.3) is 0 Å². The average Bonchev–Trinajstić information content (AvgIpc) is 2.05. The van der Waals surface area contributed by atoms with Crippen LogP contribution in [0.1, 0.15) is 26.5 Å². The first-order chi connectivity index (χ1) is 6.05. The standard InChI is InChI=1S/C10H14N2O/c1-10(2,3)9(12-13)8-6-4-5-7-11-8/h4-7,13H,1-3H3/b12-9+. The lowest BCUT2D eigenvalue weighted by molar-refractivity contribution is 0.311. The van der Waals surface area contributed by atoms with E-state index in [1.54, 1.807) is 6.20 Å². The van der Waals surface area contributed by atoms with Crippen molar-refractivity contribution in [2.75, 3.05) is 0 Å². The minimum absolute atomic E-state index is 0.191. The molecule has 3 nitrogen and oxygen atoms in total. The summed E-state index contributed by atoms with van der Waals surface area (Å²) < 4.78 is 0. The lowest BCUT2D eigenvalue weighted by Gasteiger charge is -2.18. The van der Waals surface area contributed by atoms with E-state index in [0.29, 0.717) is 5.71 Å². The monoisotopic (exact) mass is 178 g/mol. The minimum atomic E-state index is -0.191. The van der Waals surface area contributed by atoms with E-state index in [1.165, 1.54) is 0 Å². The molecule has 0 aliphatic carbocycles. The van der Waals surface area contributed by atoms with Crippen molar-refractivity contribution in [3.05, 3.63) is 30.1 Å². The third-order valence-electron chi connectivity index (χ3n) is 1.72. The van der Waals surface area contributed by atoms with Gasteiger partial charge in [0.05, 0.1) is 5.69 Å². The molecule has 13 heavy (non-hydrogen) atoms. The Morgan fingerprint density at radius 1 is 1.38 bits per heavy atom. The zero-order valence-electron chi connectivity index (χ0n) is 8.15. The number of aromatic nitrogens is 1. The van der Waals surface area contributed by atoms with Gasteiger partial charge in [-0.1, -0.05) is 32.0 Å². The van der Waals surface area contributed by atoms with E-state index in [-0.39, 0.29) is 5.41 Å². The van der Waals surface area contributed by atoms with Gasteiger partial charge in [-0.2, -0.15) is 0 Å². The van der Waals surface area contributed by atoms with E-state index in [9.17, 15) is 0 Å². The van der Waals surface area contributed by atoms with Gasteiger partial charge in [0.15, 0.2) is 0 Å². The number of nitrogens with zero attached hydrogens (tertiary/aromatic N) is 2. The van der Waals surface area contributed by atoms with E-state index in [4.69, 9.17) is 5.21 Å². The summed E-state index contributed by atoms with van der Waals surface area (Å²) in [6, 6.07) is 5.54. The van der Waals surface area contributed by atoms with Crippen LogP contribution in [0.5, 0.6) is 0 Å². The molecule has 0 amide bonds. The predicted octanol–water partition coefficient (Wildman–Crippen LogP) is 2.31. The molecular formula is C10H14N2O. The summed E-state index contributed by atoms with van der Waals surface area (Å²) >= 11 is 0. The molecular weight excluding hydrogens is 164 g/mol. The van der Waals surface area contributed by atoms with Crippen molar-refractivity contribution < 1.29 is 5.21 Å². The second kappa shape index (κ2) is 3.56. The van der Waals surface area contributed by atoms with Crippen LogP contribution in [0.2, 0.25) is 0 Å². The molecule has 1 aromatic rings. The normalized spacial score (nSPS) is 13.0. The Kier molecular flexibility index (Phi) is 2.66. The second-order valence-electron chi connectivity index (χ2n) is 3.91. The van der Waals surface area contributed by atoms with Crippen LogP contribution in [-0.2, 0) is 0 Å². The molecule has 0 aromatic carbocycles. The first-order valence-corrected chi connectivity index (χ1v) is 4.19. The molecule has 1 aromatic heterocycles. The van der Waals surface area contributed by atoms with Gasteiger partial charge in [0.2, 0.25) is 0 Å². The quantitative estimate of drug-likeness (QED) is 0.407. The lowest BCUT2D eigenvalue weighted by atomic mass is 9.88. The van der Waals surface area contributed by atoms with Gasteiger partial charge in [-0.25, -0.2) is 0 Å². The Morgan fingerprint density at radius 2 is 2.08 bits per heavy atom. The fraction of sp³-hybridized carbons (Fsp3) is 0.400. The maximum absolute atomic E-state index is 8.86. The van der Waals surface area contributed by atoms with Crippen molar-refractivity contribution in [2.45, 2.75) is 20.8 Å². The first-order valence-electron chi connectivity index (χ1n) is 4.19. The largest absolute Gasteiger partial charge is 0.411 e. The summed E-state index contributed by atoms with van der Waals surface area (Å²) in [7, 11) is 0. The SMILES string of the molecule is CC(C)(C)/C(=N/O)c1ccccn1. The third-order valence-corrected chi connectivity index (χ3v) is 1.72. The van der Waals surface area contributed by atoms with Gasteiger partial charge in [0.1, 0.15) is 5.71 Å². The van der Waals surface area contributed by atoms with Gasteiger partial charge >= 0.3 is 0 Å². The van der Waals surface area contributed by atoms with Crippen LogP contribution < -0.4 is 0 Å². The Bertz CT molecular complexity index is 298. The van der Waals surface area contributed by atoms with Crippen molar-refractivity contribution in [1.82, 2.24) is 4.98 Å². The van der Waals surface area contributed by atoms with E-state index < -0.39 is 0 Å². The topological polar surface area (TPSA) is 45.5 Å². The van der Waals surface area contributed by atoms with Crippen LogP contribution in [0.15, 0.2) is 29.6 Å². The zero-order valence-corrected chi connectivity index (χ0v) is 8.15. The van der Waals surface area contributed by atoms with E-state index in [2.05, 4.69) is 10.1 Å². The average molecular weight is 178 g/mol. The minimum Gasteiger partial charge on any atom is -0.411 e. The fourth-order valence-corrected chi connectivity index (χ4v) is 1.09. The molecule has 0 spiro atoms. The van der Waals surface area contributed by atoms with Crippen molar-refractivity contribution in [3.63, 3.8) is 0 Å². The van der Waals surface area contributed by atoms with Crippen LogP contribution in [-0.4, -0.2) is 15.9 Å². The van der Waals surface area contributed by atoms with Gasteiger partial charge in [-0.3, -0.25) is 4.98 Å². The summed E-state index contributed by atoms with van der Waals surface area (Å²) in [5.74, 6) is 0. The number of hydrogen-bond acceptors (Lipinski definition) is 3. The second-order valence-corrected chi connectivity index (χ2v) is 3.91. The molecule has 0 saturated heterocycles. The maximum Gasteiger partial charge on any atom is 0.110 e. The molecule has 0 bridgehead atoms. The third kappa shape index (κ3) is 2.28. The summed E-state index contributed by atoms with van der Waals surface area (Å²) in [6.07, 6.45) is 1.69. The molecule has 0 radical (unpaired) electrons. The number of hydrogen-bond donors (Lipinski definition) is 1. The molecule has 0 saturated carbocycles. The molecule has 70 valence electrons. The van der Waals surface area contributed by atoms with Crippen molar-refractivity contribution in [2.24, 2.45) is 10.6 Å². The van der Waals surface area contributed by atoms with Crippen LogP contribution in [0.4, 0.5) is 0 Å². The number of oxime groups is 1. The van der Waals surface area contributed by atoms with Gasteiger partial charge in [0, 0.05) is 11.6 Å². The molecule has 0 aliphatic heterocycles. The van der Waals surface area contributed by atoms with Gasteiger partial charge in [-0.05, 0) is 12.1 Å². The molecule has 3 heteroatoms. The highest BCUT2D eigenvalue weighted by molar-refractivity contribution is 6.02. The molecule has 0 aliphatic rings. The van der Waals surface area contributed by atoms with E-state index >= 15 is 0 Å². The van der Waals surface area contributed by atoms with E-state index in [0.717, 1.165) is 5.69 Å². The highest BCUT2D eigenvalue weighted by Gasteiger charge is 2.22. The number of pyridine rings is 1.